The Morgan fingerprint density at radius 2 is 2.29 bits per heavy atom. The second-order valence-electron chi connectivity index (χ2n) is 4.81. The van der Waals surface area contributed by atoms with Gasteiger partial charge in [-0.3, -0.25) is 9.48 Å². The number of ether oxygens (including phenoxy) is 1. The summed E-state index contributed by atoms with van der Waals surface area (Å²) in [4.78, 5) is 11.7. The molecule has 0 bridgehead atoms. The van der Waals surface area contributed by atoms with Crippen LogP contribution in [0.1, 0.15) is 18.4 Å². The molecule has 0 aliphatic carbocycles. The molecule has 6 heteroatoms. The summed E-state index contributed by atoms with van der Waals surface area (Å²) in [5.74, 6) is 0.725. The summed E-state index contributed by atoms with van der Waals surface area (Å²) in [6, 6.07) is 5.52. The minimum atomic E-state index is -0.0427. The lowest BCUT2D eigenvalue weighted by molar-refractivity contribution is -0.116. The Bertz CT molecular complexity index is 625. The molecular formula is C15H18ClN3O2. The number of nitrogens with zero attached hydrogens (tertiary/aromatic N) is 2. The number of carbonyl (C=O) groups is 1. The molecule has 2 aromatic rings. The third-order valence-corrected chi connectivity index (χ3v) is 3.36. The van der Waals surface area contributed by atoms with Gasteiger partial charge in [0.25, 0.3) is 0 Å². The van der Waals surface area contributed by atoms with Crippen LogP contribution >= 0.6 is 11.6 Å². The maximum atomic E-state index is 11.7. The fourth-order valence-electron chi connectivity index (χ4n) is 1.84. The lowest BCUT2D eigenvalue weighted by Crippen LogP contribution is -2.12. The summed E-state index contributed by atoms with van der Waals surface area (Å²) in [5.41, 5.74) is 1.68. The molecule has 2 rings (SSSR count). The number of carbonyl (C=O) groups excluding carboxylic acids is 1. The number of aromatic nitrogens is 2. The van der Waals surface area contributed by atoms with Crippen LogP contribution in [-0.2, 0) is 11.8 Å². The Hall–Kier alpha value is -2.01. The van der Waals surface area contributed by atoms with Crippen molar-refractivity contribution in [1.29, 1.82) is 0 Å². The Kier molecular flexibility index (Phi) is 5.22. The molecule has 1 heterocycles. The maximum Gasteiger partial charge on any atom is 0.224 e. The Balaban J connectivity index is 1.69. The zero-order chi connectivity index (χ0) is 15.2. The van der Waals surface area contributed by atoms with Crippen molar-refractivity contribution in [3.05, 3.63) is 41.2 Å². The lowest BCUT2D eigenvalue weighted by Gasteiger charge is -2.07. The van der Waals surface area contributed by atoms with Gasteiger partial charge in [-0.15, -0.1) is 0 Å². The van der Waals surface area contributed by atoms with E-state index in [0.29, 0.717) is 25.1 Å². The molecule has 0 spiro atoms. The van der Waals surface area contributed by atoms with Crippen LogP contribution in [0.2, 0.25) is 5.02 Å². The summed E-state index contributed by atoms with van der Waals surface area (Å²) in [7, 11) is 1.80. The van der Waals surface area contributed by atoms with Crippen LogP contribution in [0.4, 0.5) is 5.69 Å². The first kappa shape index (κ1) is 15.4. The van der Waals surface area contributed by atoms with E-state index < -0.39 is 0 Å². The molecule has 0 aliphatic rings. The predicted octanol–water partition coefficient (Wildman–Crippen LogP) is 3.18. The van der Waals surface area contributed by atoms with Crippen molar-refractivity contribution in [3.63, 3.8) is 0 Å². The maximum absolute atomic E-state index is 11.7. The van der Waals surface area contributed by atoms with Gasteiger partial charge in [0.15, 0.2) is 0 Å². The van der Waals surface area contributed by atoms with Gasteiger partial charge in [-0.2, -0.15) is 5.10 Å². The van der Waals surface area contributed by atoms with Gasteiger partial charge in [0.2, 0.25) is 5.91 Å². The highest BCUT2D eigenvalue weighted by Crippen LogP contribution is 2.21. The molecule has 0 atom stereocenters. The molecule has 1 N–H and O–H groups in total. The zero-order valence-corrected chi connectivity index (χ0v) is 12.9. The van der Waals surface area contributed by atoms with E-state index in [-0.39, 0.29) is 5.91 Å². The monoisotopic (exact) mass is 307 g/mol. The number of rotatable bonds is 6. The molecule has 0 aliphatic heterocycles. The third-order valence-electron chi connectivity index (χ3n) is 2.93. The van der Waals surface area contributed by atoms with E-state index in [9.17, 15) is 4.79 Å². The quantitative estimate of drug-likeness (QED) is 0.834. The number of nitrogens with one attached hydrogen (secondary N) is 1. The molecule has 1 amide bonds. The van der Waals surface area contributed by atoms with E-state index >= 15 is 0 Å². The van der Waals surface area contributed by atoms with Gasteiger partial charge in [0.05, 0.1) is 18.5 Å². The highest BCUT2D eigenvalue weighted by molar-refractivity contribution is 6.31. The van der Waals surface area contributed by atoms with Crippen molar-refractivity contribution >= 4 is 23.2 Å². The van der Waals surface area contributed by atoms with Gasteiger partial charge in [-0.05, 0) is 37.1 Å². The molecule has 1 aromatic carbocycles. The van der Waals surface area contributed by atoms with E-state index in [4.69, 9.17) is 16.3 Å². The molecule has 21 heavy (non-hydrogen) atoms. The minimum Gasteiger partial charge on any atom is -0.494 e. The molecule has 5 nitrogen and oxygen atoms in total. The topological polar surface area (TPSA) is 56.1 Å². The second kappa shape index (κ2) is 7.13. The van der Waals surface area contributed by atoms with E-state index in [0.717, 1.165) is 16.3 Å². The Morgan fingerprint density at radius 3 is 2.95 bits per heavy atom. The number of hydrogen-bond donors (Lipinski definition) is 1. The van der Waals surface area contributed by atoms with Crippen LogP contribution in [0.25, 0.3) is 0 Å². The van der Waals surface area contributed by atoms with Crippen LogP contribution in [0.3, 0.4) is 0 Å². The SMILES string of the molecule is Cc1cc(OCCCC(=O)Nc2cnn(C)c2)ccc1Cl. The summed E-state index contributed by atoms with van der Waals surface area (Å²) in [6.07, 6.45) is 4.42. The van der Waals surface area contributed by atoms with E-state index in [1.165, 1.54) is 0 Å². The molecule has 0 fully saturated rings. The average Bonchev–Trinajstić information content (AvgIpc) is 2.84. The summed E-state index contributed by atoms with van der Waals surface area (Å²) in [5, 5.41) is 7.49. The summed E-state index contributed by atoms with van der Waals surface area (Å²) in [6.45, 7) is 2.41. The number of anilines is 1. The molecule has 0 saturated heterocycles. The van der Waals surface area contributed by atoms with Crippen LogP contribution in [0.15, 0.2) is 30.6 Å². The molecule has 0 saturated carbocycles. The molecular weight excluding hydrogens is 290 g/mol. The van der Waals surface area contributed by atoms with Gasteiger partial charge < -0.3 is 10.1 Å². The van der Waals surface area contributed by atoms with Crippen molar-refractivity contribution in [2.45, 2.75) is 19.8 Å². The van der Waals surface area contributed by atoms with Gasteiger partial charge in [0, 0.05) is 24.7 Å². The van der Waals surface area contributed by atoms with Gasteiger partial charge in [0.1, 0.15) is 5.75 Å². The van der Waals surface area contributed by atoms with Crippen molar-refractivity contribution in [2.75, 3.05) is 11.9 Å². The summed E-state index contributed by atoms with van der Waals surface area (Å²) >= 11 is 5.95. The number of aryl methyl sites for hydroxylation is 2. The molecule has 0 unspecified atom stereocenters. The smallest absolute Gasteiger partial charge is 0.224 e. The normalized spacial score (nSPS) is 10.4. The Morgan fingerprint density at radius 1 is 1.48 bits per heavy atom. The lowest BCUT2D eigenvalue weighted by atomic mass is 10.2. The standard InChI is InChI=1S/C15H18ClN3O2/c1-11-8-13(5-6-14(11)16)21-7-3-4-15(20)18-12-9-17-19(2)10-12/h5-6,8-10H,3-4,7H2,1-2H3,(H,18,20). The fraction of sp³-hybridized carbons (Fsp3) is 0.333. The molecule has 112 valence electrons. The van der Waals surface area contributed by atoms with E-state index in [1.54, 1.807) is 30.2 Å². The van der Waals surface area contributed by atoms with Gasteiger partial charge >= 0.3 is 0 Å². The number of amides is 1. The number of benzene rings is 1. The van der Waals surface area contributed by atoms with Crippen molar-refractivity contribution in [3.8, 4) is 5.75 Å². The van der Waals surface area contributed by atoms with Crippen LogP contribution in [0, 0.1) is 6.92 Å². The van der Waals surface area contributed by atoms with Crippen molar-refractivity contribution in [2.24, 2.45) is 7.05 Å². The highest BCUT2D eigenvalue weighted by atomic mass is 35.5. The van der Waals surface area contributed by atoms with Crippen molar-refractivity contribution < 1.29 is 9.53 Å². The fourth-order valence-corrected chi connectivity index (χ4v) is 1.96. The number of halogens is 1. The van der Waals surface area contributed by atoms with E-state index in [1.807, 2.05) is 19.1 Å². The second-order valence-corrected chi connectivity index (χ2v) is 5.22. The largest absolute Gasteiger partial charge is 0.494 e. The zero-order valence-electron chi connectivity index (χ0n) is 12.1. The van der Waals surface area contributed by atoms with Crippen LogP contribution in [-0.4, -0.2) is 22.3 Å². The third kappa shape index (κ3) is 4.79. The van der Waals surface area contributed by atoms with Gasteiger partial charge in [-0.1, -0.05) is 11.6 Å². The van der Waals surface area contributed by atoms with Crippen LogP contribution < -0.4 is 10.1 Å². The highest BCUT2D eigenvalue weighted by Gasteiger charge is 2.04. The van der Waals surface area contributed by atoms with E-state index in [2.05, 4.69) is 10.4 Å². The first-order chi connectivity index (χ1) is 10.0. The Labute approximate surface area is 128 Å². The minimum absolute atomic E-state index is 0.0427. The first-order valence-corrected chi connectivity index (χ1v) is 7.10. The van der Waals surface area contributed by atoms with Crippen molar-refractivity contribution in [1.82, 2.24) is 9.78 Å². The first-order valence-electron chi connectivity index (χ1n) is 6.72. The molecule has 0 radical (unpaired) electrons. The predicted molar refractivity (Wildman–Crippen MR) is 82.8 cm³/mol. The average molecular weight is 308 g/mol. The van der Waals surface area contributed by atoms with Gasteiger partial charge in [-0.25, -0.2) is 0 Å². The number of hydrogen-bond acceptors (Lipinski definition) is 3. The summed E-state index contributed by atoms with van der Waals surface area (Å²) < 4.78 is 7.23. The molecule has 1 aromatic heterocycles. The van der Waals surface area contributed by atoms with Crippen LogP contribution in [0.5, 0.6) is 5.75 Å².